The SMILES string of the molecule is CC.CCC.CNCc1ccc(-c2ccc3c(=O)n(CC[C@](C)(C(=O)NO)S(C)(=O)=O)cnc3c2)c(N)c1. The summed E-state index contributed by atoms with van der Waals surface area (Å²) in [5.74, 6) is -1.06. The van der Waals surface area contributed by atoms with Gasteiger partial charge in [-0.3, -0.25) is 19.4 Å². The van der Waals surface area contributed by atoms with E-state index >= 15 is 0 Å². The first-order valence-corrected chi connectivity index (χ1v) is 14.5. The van der Waals surface area contributed by atoms with Crippen LogP contribution in [0.15, 0.2) is 47.5 Å². The van der Waals surface area contributed by atoms with E-state index < -0.39 is 20.5 Å². The molecular weight excluding hydrogens is 506 g/mol. The maximum atomic E-state index is 13.0. The molecule has 0 saturated carbocycles. The average molecular weight is 548 g/mol. The van der Waals surface area contributed by atoms with Gasteiger partial charge in [0.2, 0.25) is 0 Å². The zero-order chi connectivity index (χ0) is 29.1. The molecule has 1 aromatic heterocycles. The van der Waals surface area contributed by atoms with Gasteiger partial charge < -0.3 is 11.1 Å². The van der Waals surface area contributed by atoms with Gasteiger partial charge in [-0.15, -0.1) is 0 Å². The second kappa shape index (κ2) is 14.6. The topological polar surface area (TPSA) is 156 Å². The number of aromatic nitrogens is 2. The Morgan fingerprint density at radius 1 is 1.16 bits per heavy atom. The highest BCUT2D eigenvalue weighted by Crippen LogP contribution is 2.28. The summed E-state index contributed by atoms with van der Waals surface area (Å²) in [6, 6.07) is 11.0. The van der Waals surface area contributed by atoms with Crippen LogP contribution in [0.4, 0.5) is 5.69 Å². The number of carbonyl (C=O) groups is 1. The third-order valence-corrected chi connectivity index (χ3v) is 7.89. The Labute approximate surface area is 225 Å². The van der Waals surface area contributed by atoms with Crippen molar-refractivity contribution in [3.05, 3.63) is 58.6 Å². The largest absolute Gasteiger partial charge is 0.398 e. The normalized spacial score (nSPS) is 12.4. The molecule has 0 bridgehead atoms. The number of carbonyl (C=O) groups excluding carboxylic acids is 1. The van der Waals surface area contributed by atoms with Gasteiger partial charge >= 0.3 is 0 Å². The summed E-state index contributed by atoms with van der Waals surface area (Å²) in [6.07, 6.45) is 3.24. The Hall–Kier alpha value is -3.28. The number of hydrogen-bond donors (Lipinski definition) is 4. The molecule has 1 atom stereocenters. The van der Waals surface area contributed by atoms with Crippen LogP contribution in [0, 0.1) is 0 Å². The van der Waals surface area contributed by atoms with E-state index in [4.69, 9.17) is 10.9 Å². The zero-order valence-electron chi connectivity index (χ0n) is 23.3. The lowest BCUT2D eigenvalue weighted by molar-refractivity contribution is -0.131. The molecule has 38 heavy (non-hydrogen) atoms. The number of rotatable bonds is 8. The van der Waals surface area contributed by atoms with Gasteiger partial charge in [-0.1, -0.05) is 52.3 Å². The predicted octanol–water partition coefficient (Wildman–Crippen LogP) is 3.51. The molecule has 11 heteroatoms. The van der Waals surface area contributed by atoms with Crippen molar-refractivity contribution < 1.29 is 18.4 Å². The lowest BCUT2D eigenvalue weighted by Crippen LogP contribution is -2.50. The maximum Gasteiger partial charge on any atom is 0.264 e. The standard InChI is InChI=1S/C22H27N5O5S.C3H8.C2H6/c1-22(21(29)26-30,33(3,31)32)8-9-27-13-25-19-11-15(5-7-17(19)20(27)28)16-6-4-14(12-24-2)10-18(16)23;1-3-2;1-2/h4-7,10-11,13,24,30H,8-9,12,23H2,1-3H3,(H,26,29);3H2,1-2H3;1-2H3/t22-;;/m1../s1. The third-order valence-electron chi connectivity index (χ3n) is 5.86. The number of aryl methyl sites for hydroxylation is 1. The van der Waals surface area contributed by atoms with Crippen molar-refractivity contribution >= 4 is 32.3 Å². The van der Waals surface area contributed by atoms with Gasteiger partial charge in [0.1, 0.15) is 0 Å². The second-order valence-corrected chi connectivity index (χ2v) is 11.3. The zero-order valence-corrected chi connectivity index (χ0v) is 24.1. The molecular formula is C27H41N5O5S. The molecule has 10 nitrogen and oxygen atoms in total. The number of nitrogen functional groups attached to an aromatic ring is 1. The van der Waals surface area contributed by atoms with Gasteiger partial charge in [0.25, 0.3) is 11.5 Å². The first kappa shape index (κ1) is 32.7. The summed E-state index contributed by atoms with van der Waals surface area (Å²) in [5.41, 5.74) is 11.0. The lowest BCUT2D eigenvalue weighted by atomic mass is 10.0. The minimum absolute atomic E-state index is 0.0829. The Balaban J connectivity index is 0.00000135. The predicted molar refractivity (Wildman–Crippen MR) is 154 cm³/mol. The van der Waals surface area contributed by atoms with Crippen molar-refractivity contribution in [2.24, 2.45) is 0 Å². The molecule has 0 aliphatic carbocycles. The summed E-state index contributed by atoms with van der Waals surface area (Å²) in [7, 11) is -2.02. The van der Waals surface area contributed by atoms with Crippen LogP contribution in [0.3, 0.4) is 0 Å². The molecule has 0 aliphatic rings. The minimum atomic E-state index is -3.87. The molecule has 0 unspecified atom stereocenters. The molecule has 0 fully saturated rings. The number of hydroxylamine groups is 1. The number of amides is 1. The molecule has 1 amide bonds. The number of fused-ring (bicyclic) bond motifs is 1. The number of nitrogens with one attached hydrogen (secondary N) is 2. The fraction of sp³-hybridized carbons (Fsp3) is 0.444. The minimum Gasteiger partial charge on any atom is -0.398 e. The quantitative estimate of drug-likeness (QED) is 0.190. The Kier molecular flexibility index (Phi) is 12.6. The van der Waals surface area contributed by atoms with E-state index in [1.165, 1.54) is 29.7 Å². The molecule has 0 aliphatic heterocycles. The molecule has 3 rings (SSSR count). The van der Waals surface area contributed by atoms with Gasteiger partial charge in [0.05, 0.1) is 17.2 Å². The highest BCUT2D eigenvalue weighted by atomic mass is 32.2. The fourth-order valence-corrected chi connectivity index (χ4v) is 4.44. The van der Waals surface area contributed by atoms with E-state index in [-0.39, 0.29) is 18.5 Å². The van der Waals surface area contributed by atoms with Crippen LogP contribution in [0.1, 0.15) is 53.0 Å². The van der Waals surface area contributed by atoms with Crippen LogP contribution in [0.2, 0.25) is 0 Å². The molecule has 2 aromatic carbocycles. The van der Waals surface area contributed by atoms with Crippen LogP contribution in [0.5, 0.6) is 0 Å². The number of nitrogens with two attached hydrogens (primary N) is 1. The van der Waals surface area contributed by atoms with E-state index in [1.807, 2.05) is 39.1 Å². The Morgan fingerprint density at radius 2 is 1.79 bits per heavy atom. The Bertz CT molecular complexity index is 1390. The highest BCUT2D eigenvalue weighted by Gasteiger charge is 2.43. The summed E-state index contributed by atoms with van der Waals surface area (Å²) in [6.45, 7) is 10.1. The fourth-order valence-electron chi connectivity index (χ4n) is 3.59. The van der Waals surface area contributed by atoms with Crippen molar-refractivity contribution in [2.45, 2.75) is 65.3 Å². The average Bonchev–Trinajstić information content (AvgIpc) is 2.88. The van der Waals surface area contributed by atoms with Crippen molar-refractivity contribution in [3.63, 3.8) is 0 Å². The molecule has 210 valence electrons. The van der Waals surface area contributed by atoms with E-state index in [1.54, 1.807) is 18.2 Å². The van der Waals surface area contributed by atoms with Crippen molar-refractivity contribution in [3.8, 4) is 11.1 Å². The number of sulfone groups is 1. The summed E-state index contributed by atoms with van der Waals surface area (Å²) in [5, 5.41) is 12.4. The third kappa shape index (κ3) is 7.62. The number of nitrogens with zero attached hydrogens (tertiary/aromatic N) is 2. The van der Waals surface area contributed by atoms with Crippen LogP contribution in [0.25, 0.3) is 22.0 Å². The van der Waals surface area contributed by atoms with E-state index in [9.17, 15) is 18.0 Å². The highest BCUT2D eigenvalue weighted by molar-refractivity contribution is 7.92. The molecule has 0 radical (unpaired) electrons. The van der Waals surface area contributed by atoms with E-state index in [0.29, 0.717) is 23.1 Å². The number of anilines is 1. The van der Waals surface area contributed by atoms with E-state index in [2.05, 4.69) is 24.1 Å². The molecule has 3 aromatic rings. The molecule has 1 heterocycles. The second-order valence-electron chi connectivity index (χ2n) is 8.83. The van der Waals surface area contributed by atoms with Gasteiger partial charge in [0.15, 0.2) is 14.6 Å². The van der Waals surface area contributed by atoms with Crippen LogP contribution in [-0.4, -0.2) is 47.1 Å². The van der Waals surface area contributed by atoms with Crippen LogP contribution in [-0.2, 0) is 27.7 Å². The van der Waals surface area contributed by atoms with Gasteiger partial charge in [-0.25, -0.2) is 18.9 Å². The van der Waals surface area contributed by atoms with Crippen molar-refractivity contribution in [1.29, 1.82) is 0 Å². The molecule has 5 N–H and O–H groups in total. The summed E-state index contributed by atoms with van der Waals surface area (Å²) >= 11 is 0. The van der Waals surface area contributed by atoms with Crippen molar-refractivity contribution in [1.82, 2.24) is 20.3 Å². The monoisotopic (exact) mass is 547 g/mol. The van der Waals surface area contributed by atoms with Gasteiger partial charge in [-0.2, -0.15) is 0 Å². The lowest BCUT2D eigenvalue weighted by Gasteiger charge is -2.25. The van der Waals surface area contributed by atoms with Gasteiger partial charge in [0, 0.05) is 30.6 Å². The van der Waals surface area contributed by atoms with Gasteiger partial charge in [-0.05, 0) is 49.7 Å². The molecule has 0 saturated heterocycles. The smallest absolute Gasteiger partial charge is 0.264 e. The van der Waals surface area contributed by atoms with E-state index in [0.717, 1.165) is 22.9 Å². The van der Waals surface area contributed by atoms with Crippen LogP contribution >= 0.6 is 0 Å². The van der Waals surface area contributed by atoms with Crippen molar-refractivity contribution in [2.75, 3.05) is 19.0 Å². The Morgan fingerprint density at radius 3 is 2.32 bits per heavy atom. The maximum absolute atomic E-state index is 13.0. The first-order chi connectivity index (χ1) is 17.9. The molecule has 0 spiro atoms. The first-order valence-electron chi connectivity index (χ1n) is 12.6. The summed E-state index contributed by atoms with van der Waals surface area (Å²) in [4.78, 5) is 29.3. The number of hydrogen-bond acceptors (Lipinski definition) is 8. The number of benzene rings is 2. The summed E-state index contributed by atoms with van der Waals surface area (Å²) < 4.78 is 23.6. The van der Waals surface area contributed by atoms with Crippen LogP contribution < -0.4 is 22.1 Å².